The molecular formula is C13H14N2O. The van der Waals surface area contributed by atoms with Crippen molar-refractivity contribution in [1.29, 1.82) is 5.26 Å². The molecule has 0 aromatic heterocycles. The number of fused-ring (bicyclic) bond motifs is 1. The van der Waals surface area contributed by atoms with Gasteiger partial charge in [-0.3, -0.25) is 4.79 Å². The molecule has 0 unspecified atom stereocenters. The van der Waals surface area contributed by atoms with Crippen LogP contribution in [-0.2, 0) is 16.6 Å². The maximum atomic E-state index is 11.3. The van der Waals surface area contributed by atoms with E-state index in [0.717, 1.165) is 11.1 Å². The van der Waals surface area contributed by atoms with E-state index in [1.165, 1.54) is 0 Å². The molecule has 0 atom stereocenters. The Bertz CT molecular complexity index is 504. The van der Waals surface area contributed by atoms with Gasteiger partial charge in [-0.05, 0) is 22.6 Å². The number of nitriles is 1. The predicted octanol–water partition coefficient (Wildman–Crippen LogP) is 2.35. The highest BCUT2D eigenvalue weighted by molar-refractivity contribution is 6.00. The third-order valence-corrected chi connectivity index (χ3v) is 2.82. The highest BCUT2D eigenvalue weighted by atomic mass is 16.1. The van der Waals surface area contributed by atoms with Crippen LogP contribution >= 0.6 is 0 Å². The van der Waals surface area contributed by atoms with Gasteiger partial charge >= 0.3 is 0 Å². The van der Waals surface area contributed by atoms with Gasteiger partial charge in [0.2, 0.25) is 5.91 Å². The zero-order valence-corrected chi connectivity index (χ0v) is 9.72. The Kier molecular flexibility index (Phi) is 2.23. The molecule has 3 nitrogen and oxygen atoms in total. The number of nitrogens with one attached hydrogen (secondary N) is 1. The Morgan fingerprint density at radius 1 is 1.38 bits per heavy atom. The third kappa shape index (κ3) is 1.67. The van der Waals surface area contributed by atoms with Gasteiger partial charge in [0.25, 0.3) is 0 Å². The average molecular weight is 214 g/mol. The van der Waals surface area contributed by atoms with Gasteiger partial charge in [0.1, 0.15) is 6.07 Å². The van der Waals surface area contributed by atoms with Gasteiger partial charge in [0, 0.05) is 0 Å². The van der Waals surface area contributed by atoms with Crippen LogP contribution in [0.25, 0.3) is 0 Å². The number of carbonyl (C=O) groups excluding carboxylic acids is 1. The second-order valence-corrected chi connectivity index (χ2v) is 5.14. The highest BCUT2D eigenvalue weighted by Gasteiger charge is 2.24. The molecule has 0 spiro atoms. The molecule has 1 aromatic rings. The van der Waals surface area contributed by atoms with Crippen LogP contribution in [0.2, 0.25) is 0 Å². The molecular weight excluding hydrogens is 200 g/mol. The molecule has 0 saturated heterocycles. The molecule has 1 N–H and O–H groups in total. The van der Waals surface area contributed by atoms with Crippen molar-refractivity contribution in [2.45, 2.75) is 32.6 Å². The summed E-state index contributed by atoms with van der Waals surface area (Å²) >= 11 is 0. The number of nitrogens with zero attached hydrogens (tertiary/aromatic N) is 1. The molecule has 0 fully saturated rings. The lowest BCUT2D eigenvalue weighted by molar-refractivity contribution is -0.115. The summed E-state index contributed by atoms with van der Waals surface area (Å²) in [6, 6.07) is 6.03. The quantitative estimate of drug-likeness (QED) is 0.720. The van der Waals surface area contributed by atoms with Crippen molar-refractivity contribution >= 4 is 11.6 Å². The van der Waals surface area contributed by atoms with Crippen molar-refractivity contribution in [3.63, 3.8) is 0 Å². The largest absolute Gasteiger partial charge is 0.324 e. The van der Waals surface area contributed by atoms with Crippen molar-refractivity contribution in [2.24, 2.45) is 0 Å². The number of benzene rings is 1. The second-order valence-electron chi connectivity index (χ2n) is 5.14. The zero-order valence-electron chi connectivity index (χ0n) is 9.72. The van der Waals surface area contributed by atoms with E-state index < -0.39 is 0 Å². The van der Waals surface area contributed by atoms with Gasteiger partial charge in [0.15, 0.2) is 0 Å². The monoisotopic (exact) mass is 214 g/mol. The van der Waals surface area contributed by atoms with Crippen LogP contribution < -0.4 is 5.32 Å². The van der Waals surface area contributed by atoms with Crippen LogP contribution in [0, 0.1) is 11.3 Å². The minimum absolute atomic E-state index is 0.00767. The van der Waals surface area contributed by atoms with Gasteiger partial charge in [-0.2, -0.15) is 5.26 Å². The highest BCUT2D eigenvalue weighted by Crippen LogP contribution is 2.33. The Balaban J connectivity index is 2.61. The van der Waals surface area contributed by atoms with E-state index in [2.05, 4.69) is 32.2 Å². The summed E-state index contributed by atoms with van der Waals surface area (Å²) in [7, 11) is 0. The van der Waals surface area contributed by atoms with Crippen molar-refractivity contribution < 1.29 is 4.79 Å². The minimum atomic E-state index is -0.0300. The smallest absolute Gasteiger partial charge is 0.228 e. The fraction of sp³-hybridized carbons (Fsp3) is 0.385. The Labute approximate surface area is 95.1 Å². The fourth-order valence-corrected chi connectivity index (χ4v) is 1.87. The van der Waals surface area contributed by atoms with Crippen molar-refractivity contribution in [3.05, 3.63) is 28.8 Å². The molecule has 1 aliphatic rings. The summed E-state index contributed by atoms with van der Waals surface area (Å²) < 4.78 is 0. The van der Waals surface area contributed by atoms with Gasteiger partial charge in [0.05, 0.1) is 17.7 Å². The number of anilines is 1. The summed E-state index contributed by atoms with van der Waals surface area (Å²) in [4.78, 5) is 11.3. The van der Waals surface area contributed by atoms with Gasteiger partial charge in [-0.1, -0.05) is 26.8 Å². The van der Waals surface area contributed by atoms with E-state index >= 15 is 0 Å². The lowest BCUT2D eigenvalue weighted by Crippen LogP contribution is -2.11. The van der Waals surface area contributed by atoms with E-state index in [1.54, 1.807) is 0 Å². The van der Waals surface area contributed by atoms with E-state index in [0.29, 0.717) is 17.7 Å². The lowest BCUT2D eigenvalue weighted by Gasteiger charge is -2.20. The van der Waals surface area contributed by atoms with Crippen LogP contribution in [-0.4, -0.2) is 5.91 Å². The summed E-state index contributed by atoms with van der Waals surface area (Å²) in [5.41, 5.74) is 3.29. The van der Waals surface area contributed by atoms with E-state index in [4.69, 9.17) is 5.26 Å². The molecule has 82 valence electrons. The fourth-order valence-electron chi connectivity index (χ4n) is 1.87. The van der Waals surface area contributed by atoms with E-state index in [-0.39, 0.29) is 11.3 Å². The maximum absolute atomic E-state index is 11.3. The molecule has 1 aromatic carbocycles. The molecule has 0 radical (unpaired) electrons. The molecule has 0 aliphatic carbocycles. The number of hydrogen-bond donors (Lipinski definition) is 1. The summed E-state index contributed by atoms with van der Waals surface area (Å²) in [5.74, 6) is -0.0300. The van der Waals surface area contributed by atoms with Gasteiger partial charge in [-0.15, -0.1) is 0 Å². The average Bonchev–Trinajstić information content (AvgIpc) is 2.54. The molecule has 1 heterocycles. The van der Waals surface area contributed by atoms with Crippen LogP contribution in [0.3, 0.4) is 0 Å². The first-order valence-electron chi connectivity index (χ1n) is 5.29. The zero-order chi connectivity index (χ0) is 11.9. The SMILES string of the molecule is CC(C)(C)c1cc(C#N)c2c(c1)CC(=O)N2. The summed E-state index contributed by atoms with van der Waals surface area (Å²) in [6.45, 7) is 6.29. The number of hydrogen-bond acceptors (Lipinski definition) is 2. The third-order valence-electron chi connectivity index (χ3n) is 2.82. The van der Waals surface area contributed by atoms with Gasteiger partial charge < -0.3 is 5.32 Å². The van der Waals surface area contributed by atoms with E-state index in [9.17, 15) is 4.79 Å². The minimum Gasteiger partial charge on any atom is -0.324 e. The van der Waals surface area contributed by atoms with Crippen molar-refractivity contribution in [2.75, 3.05) is 5.32 Å². The van der Waals surface area contributed by atoms with Crippen LogP contribution in [0.15, 0.2) is 12.1 Å². The first-order valence-corrected chi connectivity index (χ1v) is 5.29. The summed E-state index contributed by atoms with van der Waals surface area (Å²) in [5, 5.41) is 11.8. The second kappa shape index (κ2) is 3.34. The van der Waals surface area contributed by atoms with E-state index in [1.807, 2.05) is 12.1 Å². The Morgan fingerprint density at radius 3 is 2.62 bits per heavy atom. The first-order chi connectivity index (χ1) is 7.41. The van der Waals surface area contributed by atoms with Crippen molar-refractivity contribution in [3.8, 4) is 6.07 Å². The summed E-state index contributed by atoms with van der Waals surface area (Å²) in [6.07, 6.45) is 0.383. The lowest BCUT2D eigenvalue weighted by atomic mass is 9.84. The Hall–Kier alpha value is -1.82. The number of rotatable bonds is 0. The Morgan fingerprint density at radius 2 is 2.06 bits per heavy atom. The number of carbonyl (C=O) groups is 1. The predicted molar refractivity (Wildman–Crippen MR) is 62.2 cm³/mol. The molecule has 2 rings (SSSR count). The van der Waals surface area contributed by atoms with Crippen LogP contribution in [0.4, 0.5) is 5.69 Å². The van der Waals surface area contributed by atoms with Gasteiger partial charge in [-0.25, -0.2) is 0 Å². The molecule has 0 saturated carbocycles. The number of amides is 1. The molecule has 3 heteroatoms. The topological polar surface area (TPSA) is 52.9 Å². The standard InChI is InChI=1S/C13H14N2O/c1-13(2,3)10-4-8-6-11(16)15-12(8)9(5-10)7-14/h4-5H,6H2,1-3H3,(H,15,16). The van der Waals surface area contributed by atoms with Crippen LogP contribution in [0.1, 0.15) is 37.5 Å². The van der Waals surface area contributed by atoms with Crippen LogP contribution in [0.5, 0.6) is 0 Å². The molecule has 1 aliphatic heterocycles. The molecule has 0 bridgehead atoms. The first kappa shape index (κ1) is 10.7. The molecule has 16 heavy (non-hydrogen) atoms. The molecule has 1 amide bonds. The van der Waals surface area contributed by atoms with Crippen molar-refractivity contribution in [1.82, 2.24) is 0 Å². The normalized spacial score (nSPS) is 14.2. The maximum Gasteiger partial charge on any atom is 0.228 e.